The summed E-state index contributed by atoms with van der Waals surface area (Å²) in [5.41, 5.74) is 0.381. The van der Waals surface area contributed by atoms with Gasteiger partial charge in [-0.15, -0.1) is 0 Å². The van der Waals surface area contributed by atoms with E-state index in [9.17, 15) is 14.4 Å². The number of amides is 2. The topological polar surface area (TPSA) is 84.9 Å². The summed E-state index contributed by atoms with van der Waals surface area (Å²) in [4.78, 5) is 37.7. The van der Waals surface area contributed by atoms with Crippen molar-refractivity contribution >= 4 is 17.8 Å². The quantitative estimate of drug-likeness (QED) is 0.587. The Hall–Kier alpha value is -2.41. The molecule has 7 heteroatoms. The lowest BCUT2D eigenvalue weighted by atomic mass is 9.73. The molecule has 0 unspecified atom stereocenters. The van der Waals surface area contributed by atoms with Crippen molar-refractivity contribution in [3.05, 3.63) is 35.9 Å². The number of hydrogen-bond acceptors (Lipinski definition) is 5. The molecule has 154 valence electrons. The van der Waals surface area contributed by atoms with Crippen molar-refractivity contribution in [1.29, 1.82) is 0 Å². The number of β-lactam (4-membered cyclic amide) rings is 1. The molecule has 0 spiro atoms. The number of nitrogens with zero attached hydrogens (tertiary/aromatic N) is 1. The van der Waals surface area contributed by atoms with Gasteiger partial charge in [-0.05, 0) is 25.3 Å². The molecule has 2 amide bonds. The fraction of sp³-hybridized carbons (Fsp3) is 0.571. The molecule has 2 rings (SSSR count). The molecule has 0 radical (unpaired) electrons. The molecule has 0 saturated carbocycles. The van der Waals surface area contributed by atoms with Crippen molar-refractivity contribution in [2.45, 2.75) is 52.9 Å². The molecule has 1 aromatic rings. The number of benzene rings is 1. The zero-order valence-electron chi connectivity index (χ0n) is 16.9. The lowest BCUT2D eigenvalue weighted by molar-refractivity contribution is -0.177. The van der Waals surface area contributed by atoms with Gasteiger partial charge in [0.15, 0.2) is 5.78 Å². The maximum absolute atomic E-state index is 12.2. The first-order valence-corrected chi connectivity index (χ1v) is 9.86. The van der Waals surface area contributed by atoms with Crippen molar-refractivity contribution < 1.29 is 23.9 Å². The average molecular weight is 390 g/mol. The van der Waals surface area contributed by atoms with Gasteiger partial charge >= 0.3 is 6.09 Å². The van der Waals surface area contributed by atoms with E-state index >= 15 is 0 Å². The van der Waals surface area contributed by atoms with Gasteiger partial charge in [0.2, 0.25) is 5.91 Å². The Morgan fingerprint density at radius 3 is 2.39 bits per heavy atom. The molecule has 0 aliphatic carbocycles. The first-order chi connectivity index (χ1) is 13.5. The Morgan fingerprint density at radius 1 is 1.14 bits per heavy atom. The van der Waals surface area contributed by atoms with Gasteiger partial charge in [0.25, 0.3) is 0 Å². The zero-order chi connectivity index (χ0) is 20.6. The third-order valence-corrected chi connectivity index (χ3v) is 5.39. The average Bonchev–Trinajstić information content (AvgIpc) is 2.71. The first kappa shape index (κ1) is 21.9. The summed E-state index contributed by atoms with van der Waals surface area (Å²) in [5, 5.41) is 2.72. The highest BCUT2D eigenvalue weighted by Crippen LogP contribution is 2.38. The van der Waals surface area contributed by atoms with Crippen molar-refractivity contribution in [3.63, 3.8) is 0 Å². The van der Waals surface area contributed by atoms with Crippen molar-refractivity contribution in [3.8, 4) is 0 Å². The second-order valence-electron chi connectivity index (χ2n) is 6.94. The Kier molecular flexibility index (Phi) is 7.99. The van der Waals surface area contributed by atoms with Crippen LogP contribution < -0.4 is 5.32 Å². The zero-order valence-corrected chi connectivity index (χ0v) is 16.9. The Labute approximate surface area is 166 Å². The normalized spacial score (nSPS) is 17.4. The lowest BCUT2D eigenvalue weighted by Gasteiger charge is -2.47. The molecular formula is C21H30N2O5. The second-order valence-corrected chi connectivity index (χ2v) is 6.94. The minimum absolute atomic E-state index is 0.0201. The van der Waals surface area contributed by atoms with E-state index in [0.29, 0.717) is 19.4 Å². The third kappa shape index (κ3) is 5.10. The van der Waals surface area contributed by atoms with Crippen LogP contribution in [-0.2, 0) is 25.7 Å². The van der Waals surface area contributed by atoms with Crippen molar-refractivity contribution in [2.24, 2.45) is 5.41 Å². The molecule has 28 heavy (non-hydrogen) atoms. The van der Waals surface area contributed by atoms with E-state index in [2.05, 4.69) is 5.32 Å². The number of Topliss-reactive ketones (excluding diaryl/α,β-unsaturated/α-hetero) is 1. The number of nitrogens with one attached hydrogen (secondary N) is 1. The largest absolute Gasteiger partial charge is 0.445 e. The molecular weight excluding hydrogens is 360 g/mol. The van der Waals surface area contributed by atoms with Crippen LogP contribution in [0.3, 0.4) is 0 Å². The van der Waals surface area contributed by atoms with Crippen LogP contribution in [0.15, 0.2) is 30.3 Å². The molecule has 7 nitrogen and oxygen atoms in total. The molecule has 1 N–H and O–H groups in total. The number of rotatable bonds is 11. The summed E-state index contributed by atoms with van der Waals surface area (Å²) in [7, 11) is 0. The number of hydrogen-bond donors (Lipinski definition) is 1. The van der Waals surface area contributed by atoms with E-state index in [4.69, 9.17) is 9.47 Å². The standard InChI is InChI=1S/C21H30N2O5/c1-4-21(5-2)18(25)22-19(21)27-15-17(24)12-13-23(6-3)20(26)28-14-16-10-8-7-9-11-16/h7-11,19H,4-6,12-15H2,1-3H3,(H,22,25)/t19-/m1/s1. The third-order valence-electron chi connectivity index (χ3n) is 5.39. The minimum atomic E-state index is -0.531. The van der Waals surface area contributed by atoms with Gasteiger partial charge in [-0.3, -0.25) is 9.59 Å². The van der Waals surface area contributed by atoms with Crippen LogP contribution >= 0.6 is 0 Å². The maximum Gasteiger partial charge on any atom is 0.410 e. The van der Waals surface area contributed by atoms with Crippen LogP contribution in [0.1, 0.15) is 45.6 Å². The van der Waals surface area contributed by atoms with E-state index in [1.54, 1.807) is 0 Å². The monoisotopic (exact) mass is 390 g/mol. The predicted octanol–water partition coefficient (Wildman–Crippen LogP) is 2.88. The van der Waals surface area contributed by atoms with E-state index in [1.165, 1.54) is 4.90 Å². The van der Waals surface area contributed by atoms with Gasteiger partial charge in [-0.1, -0.05) is 44.2 Å². The molecule has 1 saturated heterocycles. The summed E-state index contributed by atoms with van der Waals surface area (Å²) < 4.78 is 10.9. The number of ether oxygens (including phenoxy) is 2. The van der Waals surface area contributed by atoms with E-state index in [0.717, 1.165) is 5.56 Å². The van der Waals surface area contributed by atoms with Crippen LogP contribution in [0.4, 0.5) is 4.79 Å². The molecule has 1 aromatic carbocycles. The minimum Gasteiger partial charge on any atom is -0.445 e. The number of carbonyl (C=O) groups excluding carboxylic acids is 3. The van der Waals surface area contributed by atoms with Crippen LogP contribution in [0, 0.1) is 5.41 Å². The summed E-state index contributed by atoms with van der Waals surface area (Å²) in [6.45, 7) is 6.58. The fourth-order valence-electron chi connectivity index (χ4n) is 3.28. The molecule has 1 fully saturated rings. The summed E-state index contributed by atoms with van der Waals surface area (Å²) in [6, 6.07) is 9.44. The van der Waals surface area contributed by atoms with E-state index < -0.39 is 17.7 Å². The Balaban J connectivity index is 1.72. The highest BCUT2D eigenvalue weighted by molar-refractivity contribution is 5.89. The van der Waals surface area contributed by atoms with Gasteiger partial charge < -0.3 is 19.7 Å². The van der Waals surface area contributed by atoms with E-state index in [-0.39, 0.29) is 37.9 Å². The lowest BCUT2D eigenvalue weighted by Crippen LogP contribution is -2.67. The fourth-order valence-corrected chi connectivity index (χ4v) is 3.28. The molecule has 1 aliphatic rings. The predicted molar refractivity (Wildman–Crippen MR) is 104 cm³/mol. The second kappa shape index (κ2) is 10.2. The van der Waals surface area contributed by atoms with Crippen molar-refractivity contribution in [1.82, 2.24) is 10.2 Å². The van der Waals surface area contributed by atoms with Gasteiger partial charge in [0.1, 0.15) is 19.4 Å². The summed E-state index contributed by atoms with van der Waals surface area (Å²) >= 11 is 0. The summed E-state index contributed by atoms with van der Waals surface area (Å²) in [5.74, 6) is -0.134. The highest BCUT2D eigenvalue weighted by Gasteiger charge is 2.53. The SMILES string of the molecule is CCN(CCC(=O)CO[C@H]1NC(=O)C1(CC)CC)C(=O)OCc1ccccc1. The van der Waals surface area contributed by atoms with Crippen LogP contribution in [-0.4, -0.2) is 48.6 Å². The van der Waals surface area contributed by atoms with Crippen LogP contribution in [0.5, 0.6) is 0 Å². The Bertz CT molecular complexity index is 673. The van der Waals surface area contributed by atoms with Crippen LogP contribution in [0.2, 0.25) is 0 Å². The molecule has 1 atom stereocenters. The van der Waals surface area contributed by atoms with Gasteiger partial charge in [-0.2, -0.15) is 0 Å². The molecule has 1 heterocycles. The molecule has 0 aromatic heterocycles. The Morgan fingerprint density at radius 2 is 1.82 bits per heavy atom. The molecule has 1 aliphatic heterocycles. The smallest absolute Gasteiger partial charge is 0.410 e. The highest BCUT2D eigenvalue weighted by atomic mass is 16.6. The number of ketones is 1. The number of carbonyl (C=O) groups is 3. The van der Waals surface area contributed by atoms with Gasteiger partial charge in [0, 0.05) is 19.5 Å². The van der Waals surface area contributed by atoms with Crippen molar-refractivity contribution in [2.75, 3.05) is 19.7 Å². The van der Waals surface area contributed by atoms with Gasteiger partial charge in [-0.25, -0.2) is 4.79 Å². The maximum atomic E-state index is 12.2. The van der Waals surface area contributed by atoms with Gasteiger partial charge in [0.05, 0.1) is 5.41 Å². The van der Waals surface area contributed by atoms with Crippen LogP contribution in [0.25, 0.3) is 0 Å². The molecule has 0 bridgehead atoms. The van der Waals surface area contributed by atoms with E-state index in [1.807, 2.05) is 51.1 Å². The summed E-state index contributed by atoms with van der Waals surface area (Å²) in [6.07, 6.45) is 0.662. The first-order valence-electron chi connectivity index (χ1n) is 9.86.